The number of anilines is 3. The maximum atomic E-state index is 11.6. The fourth-order valence-electron chi connectivity index (χ4n) is 2.18. The van der Waals surface area contributed by atoms with Crippen molar-refractivity contribution in [3.05, 3.63) is 46.3 Å². The summed E-state index contributed by atoms with van der Waals surface area (Å²) in [5.74, 6) is -0.774. The zero-order valence-electron chi connectivity index (χ0n) is 14.1. The Morgan fingerprint density at radius 2 is 1.89 bits per heavy atom. The molecule has 0 saturated heterocycles. The van der Waals surface area contributed by atoms with Crippen molar-refractivity contribution in [3.8, 4) is 12.1 Å². The largest absolute Gasteiger partial charge is 0.465 e. The second-order valence-electron chi connectivity index (χ2n) is 5.02. The summed E-state index contributed by atoms with van der Waals surface area (Å²) in [5, 5.41) is 32.1. The first-order valence-corrected chi connectivity index (χ1v) is 7.45. The van der Waals surface area contributed by atoms with Crippen LogP contribution in [0.2, 0.25) is 0 Å². The Morgan fingerprint density at radius 1 is 1.26 bits per heavy atom. The summed E-state index contributed by atoms with van der Waals surface area (Å²) in [6.07, 6.45) is 1.09. The summed E-state index contributed by atoms with van der Waals surface area (Å²) in [6, 6.07) is 9.70. The third-order valence-corrected chi connectivity index (χ3v) is 3.38. The molecule has 1 N–H and O–H groups in total. The monoisotopic (exact) mass is 367 g/mol. The lowest BCUT2D eigenvalue weighted by Crippen LogP contribution is -2.26. The van der Waals surface area contributed by atoms with E-state index in [-0.39, 0.29) is 24.7 Å². The molecule has 2 aromatic rings. The molecule has 0 amide bonds. The third-order valence-electron chi connectivity index (χ3n) is 3.38. The minimum Gasteiger partial charge on any atom is -0.465 e. The van der Waals surface area contributed by atoms with Crippen molar-refractivity contribution in [2.75, 3.05) is 30.4 Å². The number of hydrogen-bond donors (Lipinski definition) is 1. The van der Waals surface area contributed by atoms with Gasteiger partial charge >= 0.3 is 11.7 Å². The molecule has 0 aliphatic heterocycles. The van der Waals surface area contributed by atoms with Gasteiger partial charge < -0.3 is 15.0 Å². The van der Waals surface area contributed by atoms with Crippen LogP contribution < -0.4 is 10.2 Å². The maximum Gasteiger partial charge on any atom is 0.353 e. The molecule has 11 heteroatoms. The summed E-state index contributed by atoms with van der Waals surface area (Å²) in [5.41, 5.74) is 0.276. The van der Waals surface area contributed by atoms with Crippen LogP contribution >= 0.6 is 0 Å². The average molecular weight is 367 g/mol. The second-order valence-corrected chi connectivity index (χ2v) is 5.02. The van der Waals surface area contributed by atoms with Gasteiger partial charge in [0, 0.05) is 5.69 Å². The third kappa shape index (κ3) is 4.43. The zero-order chi connectivity index (χ0) is 19.8. The van der Waals surface area contributed by atoms with Gasteiger partial charge in [0.2, 0.25) is 11.6 Å². The molecular formula is C16H13N7O4. The zero-order valence-corrected chi connectivity index (χ0v) is 14.1. The van der Waals surface area contributed by atoms with Gasteiger partial charge in [0.15, 0.2) is 0 Å². The topological polar surface area (TPSA) is 158 Å². The van der Waals surface area contributed by atoms with Gasteiger partial charge in [-0.1, -0.05) is 0 Å². The molecule has 0 saturated carbocycles. The highest BCUT2D eigenvalue weighted by Crippen LogP contribution is 2.33. The number of nitrogens with zero attached hydrogens (tertiary/aromatic N) is 6. The van der Waals surface area contributed by atoms with Crippen LogP contribution in [0.5, 0.6) is 0 Å². The number of nitrogens with one attached hydrogen (secondary N) is 1. The number of methoxy groups -OCH3 is 1. The Labute approximate surface area is 153 Å². The molecule has 136 valence electrons. The summed E-state index contributed by atoms with van der Waals surface area (Å²) in [4.78, 5) is 31.2. The molecular weight excluding hydrogens is 354 g/mol. The molecule has 0 aliphatic carbocycles. The number of aromatic nitrogens is 2. The maximum absolute atomic E-state index is 11.6. The van der Waals surface area contributed by atoms with E-state index in [4.69, 9.17) is 10.5 Å². The minimum absolute atomic E-state index is 0.114. The van der Waals surface area contributed by atoms with Crippen molar-refractivity contribution in [2.45, 2.75) is 0 Å². The summed E-state index contributed by atoms with van der Waals surface area (Å²) < 4.78 is 4.61. The number of rotatable bonds is 7. The quantitative estimate of drug-likeness (QED) is 0.331. The average Bonchev–Trinajstić information content (AvgIpc) is 2.67. The molecule has 0 radical (unpaired) electrons. The van der Waals surface area contributed by atoms with Gasteiger partial charge in [-0.25, -0.2) is 14.8 Å². The molecule has 0 bridgehead atoms. The van der Waals surface area contributed by atoms with Gasteiger partial charge in [0.25, 0.3) is 0 Å². The van der Waals surface area contributed by atoms with E-state index < -0.39 is 16.6 Å². The van der Waals surface area contributed by atoms with Crippen molar-refractivity contribution < 1.29 is 14.5 Å². The van der Waals surface area contributed by atoms with Gasteiger partial charge in [-0.15, -0.1) is 0 Å². The fourth-order valence-corrected chi connectivity index (χ4v) is 2.18. The molecule has 27 heavy (non-hydrogen) atoms. The Morgan fingerprint density at radius 3 is 2.41 bits per heavy atom. The Bertz CT molecular complexity index is 915. The number of benzene rings is 1. The Balaban J connectivity index is 2.41. The highest BCUT2D eigenvalue weighted by atomic mass is 16.6. The smallest absolute Gasteiger partial charge is 0.353 e. The number of carbonyl (C=O) groups excluding carboxylic acids is 1. The molecule has 0 atom stereocenters. The lowest BCUT2D eigenvalue weighted by atomic mass is 10.2. The summed E-state index contributed by atoms with van der Waals surface area (Å²) >= 11 is 0. The molecule has 0 aliphatic rings. The lowest BCUT2D eigenvalue weighted by Gasteiger charge is -2.17. The summed E-state index contributed by atoms with van der Waals surface area (Å²) in [7, 11) is 1.26. The van der Waals surface area contributed by atoms with Gasteiger partial charge in [-0.3, -0.25) is 10.1 Å². The number of ether oxygens (including phenoxy) is 1. The number of nitriles is 2. The predicted molar refractivity (Wildman–Crippen MR) is 93.2 cm³/mol. The van der Waals surface area contributed by atoms with Crippen LogP contribution in [-0.4, -0.2) is 41.1 Å². The van der Waals surface area contributed by atoms with Crippen molar-refractivity contribution >= 4 is 29.0 Å². The molecule has 0 spiro atoms. The normalized spacial score (nSPS) is 9.59. The van der Waals surface area contributed by atoms with Gasteiger partial charge in [-0.2, -0.15) is 10.5 Å². The highest BCUT2D eigenvalue weighted by Gasteiger charge is 2.27. The SMILES string of the molecule is COC(=O)c1ccc(Nc2ncnc(N(CC#N)CC#N)c2[N+](=O)[O-])cc1. The second kappa shape index (κ2) is 8.73. The lowest BCUT2D eigenvalue weighted by molar-refractivity contribution is -0.383. The number of esters is 1. The molecule has 0 unspecified atom stereocenters. The first kappa shape index (κ1) is 19.1. The Hall–Kier alpha value is -4.25. The van der Waals surface area contributed by atoms with E-state index in [1.807, 2.05) is 12.1 Å². The van der Waals surface area contributed by atoms with Crippen LogP contribution in [0.25, 0.3) is 0 Å². The van der Waals surface area contributed by atoms with Gasteiger partial charge in [0.05, 0.1) is 29.7 Å². The van der Waals surface area contributed by atoms with Crippen molar-refractivity contribution in [2.24, 2.45) is 0 Å². The van der Waals surface area contributed by atoms with E-state index >= 15 is 0 Å². The van der Waals surface area contributed by atoms with Crippen LogP contribution in [0.1, 0.15) is 10.4 Å². The van der Waals surface area contributed by atoms with E-state index in [9.17, 15) is 14.9 Å². The molecule has 2 rings (SSSR count). The van der Waals surface area contributed by atoms with Crippen molar-refractivity contribution in [1.82, 2.24) is 9.97 Å². The van der Waals surface area contributed by atoms with Crippen LogP contribution in [0.4, 0.5) is 23.0 Å². The number of nitro groups is 1. The summed E-state index contributed by atoms with van der Waals surface area (Å²) in [6.45, 7) is -0.503. The van der Waals surface area contributed by atoms with Crippen molar-refractivity contribution in [1.29, 1.82) is 10.5 Å². The van der Waals surface area contributed by atoms with Crippen LogP contribution in [-0.2, 0) is 4.74 Å². The van der Waals surface area contributed by atoms with Gasteiger partial charge in [0.1, 0.15) is 19.4 Å². The Kier molecular flexibility index (Phi) is 6.17. The molecule has 0 fully saturated rings. The molecule has 1 aromatic carbocycles. The van der Waals surface area contributed by atoms with Crippen LogP contribution in [0.3, 0.4) is 0 Å². The standard InChI is InChI=1S/C16H13N7O4/c1-27-16(24)11-2-4-12(5-3-11)21-14-13(23(25)26)15(20-10-19-14)22(8-6-17)9-7-18/h2-5,10H,8-9H2,1H3,(H,19,20,21). The van der Waals surface area contributed by atoms with E-state index in [2.05, 4.69) is 20.0 Å². The van der Waals surface area contributed by atoms with E-state index in [0.717, 1.165) is 6.33 Å². The first-order chi connectivity index (χ1) is 13.0. The number of carbonyl (C=O) groups is 1. The van der Waals surface area contributed by atoms with E-state index in [1.54, 1.807) is 0 Å². The predicted octanol–water partition coefficient (Wildman–Crippen LogP) is 1.77. The first-order valence-electron chi connectivity index (χ1n) is 7.45. The fraction of sp³-hybridized carbons (Fsp3) is 0.188. The van der Waals surface area contributed by atoms with Crippen molar-refractivity contribution in [3.63, 3.8) is 0 Å². The molecule has 1 heterocycles. The molecule has 1 aromatic heterocycles. The van der Waals surface area contributed by atoms with E-state index in [0.29, 0.717) is 11.3 Å². The van der Waals surface area contributed by atoms with Crippen LogP contribution in [0.15, 0.2) is 30.6 Å². The van der Waals surface area contributed by atoms with Gasteiger partial charge in [-0.05, 0) is 24.3 Å². The number of hydrogen-bond acceptors (Lipinski definition) is 10. The van der Waals surface area contributed by atoms with E-state index in [1.165, 1.54) is 36.3 Å². The highest BCUT2D eigenvalue weighted by molar-refractivity contribution is 5.89. The van der Waals surface area contributed by atoms with Crippen LogP contribution in [0, 0.1) is 32.8 Å². The molecule has 11 nitrogen and oxygen atoms in total. The minimum atomic E-state index is -0.692.